The van der Waals surface area contributed by atoms with E-state index >= 15 is 19.2 Å². The third kappa shape index (κ3) is 23.2. The number of rotatable bonds is 17. The minimum Gasteiger partial charge on any atom is -0.465 e. The normalized spacial score (nSPS) is 25.6. The Morgan fingerprint density at radius 3 is 1.46 bits per heavy atom. The summed E-state index contributed by atoms with van der Waals surface area (Å²) in [6.07, 6.45) is 2.03. The molecule has 94 heavy (non-hydrogen) atoms. The summed E-state index contributed by atoms with van der Waals surface area (Å²) in [6, 6.07) is -1.72. The zero-order valence-electron chi connectivity index (χ0n) is 61.3. The van der Waals surface area contributed by atoms with Crippen molar-refractivity contribution in [3.05, 3.63) is 41.5 Å². The van der Waals surface area contributed by atoms with Gasteiger partial charge in [0.2, 0.25) is 47.3 Å². The van der Waals surface area contributed by atoms with Crippen LogP contribution in [0, 0.1) is 59.2 Å². The highest BCUT2D eigenvalue weighted by Crippen LogP contribution is 2.30. The van der Waals surface area contributed by atoms with Crippen molar-refractivity contribution in [3.63, 3.8) is 0 Å². The molecule has 1 heterocycles. The Hall–Kier alpha value is -6.84. The van der Waals surface area contributed by atoms with E-state index < -0.39 is 167 Å². The Kier molecular flexibility index (Phi) is 33.7. The number of likely N-dealkylation sites (N-methyl/N-ethyl adjacent to an activating group) is 7. The summed E-state index contributed by atoms with van der Waals surface area (Å²) in [5.41, 5.74) is 1.08. The van der Waals surface area contributed by atoms with Crippen molar-refractivity contribution in [2.75, 3.05) is 63.0 Å². The SMILES string of the molecule is CC[C@@H]1CC(=O)[C@H]([C@H](O)[C@H](C)C/C=C/c2ccc(C(=O)OC)cc2)N(C)C(=O)[C@H](C(C)C)N(C)C(=O)C(CC(C)C)N(C)C(=O)[C@H](CC(C)C)N(C)C(=O)[C@@H](C)NC(=O)C(C)CC(=O)[C@H](CC(C)C)N(C)C(=O)C(C(C)C)CC(=O)[C@H](CC(C)C)N(C)C(=O)CN(C)C1=O. The fraction of sp³-hybridized carbons (Fsp3) is 0.722. The summed E-state index contributed by atoms with van der Waals surface area (Å²) in [5.74, 6) is -11.9. The van der Waals surface area contributed by atoms with Crippen LogP contribution in [-0.4, -0.2) is 221 Å². The quantitative estimate of drug-likeness (QED) is 0.143. The average molecular weight is 1320 g/mol. The van der Waals surface area contributed by atoms with Gasteiger partial charge in [0, 0.05) is 86.3 Å². The number of aliphatic hydroxyl groups is 1. The van der Waals surface area contributed by atoms with Crippen LogP contribution in [0.4, 0.5) is 0 Å². The predicted molar refractivity (Wildman–Crippen MR) is 364 cm³/mol. The first-order chi connectivity index (χ1) is 43.6. The highest BCUT2D eigenvalue weighted by atomic mass is 16.5. The largest absolute Gasteiger partial charge is 0.465 e. The van der Waals surface area contributed by atoms with E-state index in [9.17, 15) is 43.5 Å². The van der Waals surface area contributed by atoms with Gasteiger partial charge in [-0.05, 0) is 105 Å². The first-order valence-corrected chi connectivity index (χ1v) is 33.8. The van der Waals surface area contributed by atoms with Gasteiger partial charge in [0.1, 0.15) is 30.2 Å². The minimum absolute atomic E-state index is 0.0793. The first kappa shape index (κ1) is 83.3. The molecule has 0 aromatic heterocycles. The number of ether oxygens (including phenoxy) is 1. The second-order valence-corrected chi connectivity index (χ2v) is 29.0. The molecule has 0 spiro atoms. The zero-order chi connectivity index (χ0) is 72.2. The predicted octanol–water partition coefficient (Wildman–Crippen LogP) is 7.46. The lowest BCUT2D eigenvalue weighted by Gasteiger charge is -2.41. The van der Waals surface area contributed by atoms with Crippen molar-refractivity contribution in [2.24, 2.45) is 59.2 Å². The second-order valence-electron chi connectivity index (χ2n) is 29.0. The van der Waals surface area contributed by atoms with Gasteiger partial charge in [-0.3, -0.25) is 52.7 Å². The summed E-state index contributed by atoms with van der Waals surface area (Å²) >= 11 is 0. The van der Waals surface area contributed by atoms with E-state index in [0.29, 0.717) is 5.56 Å². The van der Waals surface area contributed by atoms with Gasteiger partial charge < -0.3 is 49.5 Å². The number of nitrogens with zero attached hydrogens (tertiary/aromatic N) is 7. The zero-order valence-corrected chi connectivity index (χ0v) is 61.3. The van der Waals surface area contributed by atoms with Gasteiger partial charge in [-0.15, -0.1) is 0 Å². The van der Waals surface area contributed by atoms with Gasteiger partial charge in [-0.1, -0.05) is 128 Å². The summed E-state index contributed by atoms with van der Waals surface area (Å²) in [4.78, 5) is 183. The Morgan fingerprint density at radius 1 is 0.543 bits per heavy atom. The molecular formula is C72H118N8O14. The lowest BCUT2D eigenvalue weighted by atomic mass is 9.84. The molecule has 8 amide bonds. The monoisotopic (exact) mass is 1320 g/mol. The van der Waals surface area contributed by atoms with E-state index in [2.05, 4.69) is 5.32 Å². The van der Waals surface area contributed by atoms with E-state index in [1.807, 2.05) is 55.4 Å². The molecule has 22 heteroatoms. The number of aliphatic hydroxyl groups excluding tert-OH is 1. The van der Waals surface area contributed by atoms with Gasteiger partial charge in [-0.2, -0.15) is 0 Å². The summed E-state index contributed by atoms with van der Waals surface area (Å²) in [6.45, 7) is 28.1. The van der Waals surface area contributed by atoms with Crippen molar-refractivity contribution >= 4 is 76.7 Å². The van der Waals surface area contributed by atoms with Crippen LogP contribution in [-0.2, 0) is 57.5 Å². The maximum Gasteiger partial charge on any atom is 0.337 e. The lowest BCUT2D eigenvalue weighted by molar-refractivity contribution is -0.157. The van der Waals surface area contributed by atoms with Crippen molar-refractivity contribution in [3.8, 4) is 0 Å². The van der Waals surface area contributed by atoms with E-state index in [-0.39, 0.29) is 75.0 Å². The summed E-state index contributed by atoms with van der Waals surface area (Å²) in [7, 11) is 11.4. The standard InChI is InChI=1S/C72H118N8O14/c1-25-51-38-60(83)63(64(85)47(14)27-26-28-50-29-31-52(32-30-50)72(93)94-24)80(23)71(92)62(46(12)13)79(22)70(91)57(36-44(8)9)78(21)69(90)56(35-43(6)7)77(20)66(87)49(16)73-65(86)48(15)37-58(81)55(34-42(4)5)76(19)68(89)53(45(10)11)39-59(82)54(33-41(2)3)75(18)61(84)40-74(17)67(51)88/h26,28-32,41-49,51,53-57,62-64,85H,25,27,33-40H2,1-24H3,(H,73,86)/b28-26+/t47-,48?,49-,51-,53?,54+,55+,56+,57?,62+,63-,64-/m1/s1. The smallest absolute Gasteiger partial charge is 0.337 e. The molecule has 1 saturated heterocycles. The number of carbonyl (C=O) groups excluding carboxylic acids is 12. The molecule has 0 radical (unpaired) electrons. The summed E-state index contributed by atoms with van der Waals surface area (Å²) in [5, 5.41) is 15.2. The van der Waals surface area contributed by atoms with E-state index in [1.165, 1.54) is 92.8 Å². The number of methoxy groups -OCH3 is 1. The second kappa shape index (κ2) is 38.0. The number of esters is 1. The van der Waals surface area contributed by atoms with Crippen LogP contribution in [0.15, 0.2) is 30.3 Å². The maximum atomic E-state index is 15.4. The number of nitrogens with one attached hydrogen (secondary N) is 1. The molecule has 2 rings (SSSR count). The molecular weight excluding hydrogens is 1200 g/mol. The Bertz CT molecular complexity index is 2800. The van der Waals surface area contributed by atoms with E-state index in [0.717, 1.165) is 10.5 Å². The number of allylic oxidation sites excluding steroid dienone is 1. The fourth-order valence-electron chi connectivity index (χ4n) is 12.4. The van der Waals surface area contributed by atoms with E-state index in [4.69, 9.17) is 4.74 Å². The molecule has 2 N–H and O–H groups in total. The van der Waals surface area contributed by atoms with Crippen LogP contribution in [0.5, 0.6) is 0 Å². The third-order valence-corrected chi connectivity index (χ3v) is 18.5. The van der Waals surface area contributed by atoms with Gasteiger partial charge in [0.05, 0.1) is 37.4 Å². The first-order valence-electron chi connectivity index (χ1n) is 33.8. The Morgan fingerprint density at radius 2 is 0.989 bits per heavy atom. The van der Waals surface area contributed by atoms with Crippen molar-refractivity contribution in [1.82, 2.24) is 39.6 Å². The van der Waals surface area contributed by atoms with Crippen molar-refractivity contribution < 1.29 is 67.4 Å². The number of carbonyl (C=O) groups is 12. The maximum absolute atomic E-state index is 15.4. The average Bonchev–Trinajstić information content (AvgIpc) is 0.807. The topological polar surface area (TPSA) is 269 Å². The molecule has 1 aliphatic heterocycles. The Balaban J connectivity index is 3.00. The van der Waals surface area contributed by atoms with Crippen molar-refractivity contribution in [2.45, 2.75) is 217 Å². The van der Waals surface area contributed by atoms with Crippen LogP contribution < -0.4 is 5.32 Å². The number of Topliss-reactive ketones (excluding diaryl/α,β-unsaturated/α-hetero) is 3. The molecule has 0 bridgehead atoms. The van der Waals surface area contributed by atoms with Gasteiger partial charge >= 0.3 is 5.97 Å². The highest BCUT2D eigenvalue weighted by molar-refractivity contribution is 5.99. The molecule has 1 aromatic carbocycles. The van der Waals surface area contributed by atoms with Gasteiger partial charge in [-0.25, -0.2) is 4.79 Å². The number of benzene rings is 1. The number of ketones is 3. The van der Waals surface area contributed by atoms with Crippen LogP contribution in [0.2, 0.25) is 0 Å². The number of hydrogen-bond donors (Lipinski definition) is 2. The van der Waals surface area contributed by atoms with Crippen LogP contribution >= 0.6 is 0 Å². The molecule has 3 unspecified atom stereocenters. The fourth-order valence-corrected chi connectivity index (χ4v) is 12.4. The molecule has 0 saturated carbocycles. The molecule has 12 atom stereocenters. The van der Waals surface area contributed by atoms with Gasteiger partial charge in [0.15, 0.2) is 17.3 Å². The number of amides is 8. The molecule has 1 fully saturated rings. The van der Waals surface area contributed by atoms with Gasteiger partial charge in [0.25, 0.3) is 0 Å². The minimum atomic E-state index is -1.58. The molecule has 22 nitrogen and oxygen atoms in total. The third-order valence-electron chi connectivity index (χ3n) is 18.5. The molecule has 1 aliphatic rings. The van der Waals surface area contributed by atoms with E-state index in [1.54, 1.807) is 84.9 Å². The lowest BCUT2D eigenvalue weighted by Crippen LogP contribution is -2.61. The molecule has 530 valence electrons. The summed E-state index contributed by atoms with van der Waals surface area (Å²) < 4.78 is 4.83. The van der Waals surface area contributed by atoms with Crippen LogP contribution in [0.3, 0.4) is 0 Å². The number of hydrogen-bond acceptors (Lipinski definition) is 14. The molecule has 0 aliphatic carbocycles. The Labute approximate surface area is 562 Å². The highest BCUT2D eigenvalue weighted by Gasteiger charge is 2.46. The van der Waals surface area contributed by atoms with Crippen molar-refractivity contribution in [1.29, 1.82) is 0 Å². The van der Waals surface area contributed by atoms with Crippen LogP contribution in [0.25, 0.3) is 6.08 Å². The van der Waals surface area contributed by atoms with Crippen LogP contribution in [0.1, 0.15) is 184 Å². The molecule has 1 aromatic rings.